The maximum Gasteiger partial charge on any atom is 0.0505 e. The summed E-state index contributed by atoms with van der Waals surface area (Å²) in [7, 11) is 0. The van der Waals surface area contributed by atoms with Gasteiger partial charge in [-0.05, 0) is 43.4 Å². The van der Waals surface area contributed by atoms with Crippen molar-refractivity contribution >= 4 is 10.9 Å². The molecule has 3 aromatic rings. The minimum absolute atomic E-state index is 0.512. The molecule has 0 radical (unpaired) electrons. The number of H-pyrrole nitrogens is 1. The fourth-order valence-electron chi connectivity index (χ4n) is 4.95. The van der Waals surface area contributed by atoms with Crippen molar-refractivity contribution in [2.45, 2.75) is 58.4 Å². The van der Waals surface area contributed by atoms with Crippen molar-refractivity contribution in [2.24, 2.45) is 5.92 Å². The summed E-state index contributed by atoms with van der Waals surface area (Å²) in [5, 5.41) is 1.36. The monoisotopic (exact) mass is 374 g/mol. The van der Waals surface area contributed by atoms with Crippen LogP contribution in [-0.2, 0) is 0 Å². The number of para-hydroxylation sites is 1. The Bertz CT molecular complexity index is 880. The highest BCUT2D eigenvalue weighted by atomic mass is 15.2. The number of rotatable bonds is 8. The van der Waals surface area contributed by atoms with Crippen LogP contribution in [0.3, 0.4) is 0 Å². The van der Waals surface area contributed by atoms with Crippen LogP contribution in [0.5, 0.6) is 0 Å². The smallest absolute Gasteiger partial charge is 0.0505 e. The first-order valence-electron chi connectivity index (χ1n) is 11.2. The molecule has 0 bridgehead atoms. The van der Waals surface area contributed by atoms with Gasteiger partial charge in [-0.2, -0.15) is 0 Å². The average Bonchev–Trinajstić information content (AvgIpc) is 3.35. The van der Waals surface area contributed by atoms with Crippen molar-refractivity contribution in [2.75, 3.05) is 13.1 Å². The predicted molar refractivity (Wildman–Crippen MR) is 121 cm³/mol. The highest BCUT2D eigenvalue weighted by Crippen LogP contribution is 2.41. The molecule has 0 aliphatic carbocycles. The van der Waals surface area contributed by atoms with E-state index in [9.17, 15) is 0 Å². The standard InChI is InChI=1S/C26H34N2/c1-3-5-12-20(4-2)19-28-18-11-17-24(28)26-25(21-13-7-6-8-14-21)22-15-9-10-16-23(22)27-26/h6-10,13-16,20,24,27H,3-5,11-12,17-19H2,1-2H3. The second kappa shape index (κ2) is 8.96. The number of aromatic amines is 1. The Balaban J connectivity index is 1.70. The Morgan fingerprint density at radius 1 is 1.04 bits per heavy atom. The molecule has 2 aromatic carbocycles. The molecule has 148 valence electrons. The predicted octanol–water partition coefficient (Wildman–Crippen LogP) is 7.19. The normalized spacial score (nSPS) is 18.7. The Morgan fingerprint density at radius 3 is 2.61 bits per heavy atom. The summed E-state index contributed by atoms with van der Waals surface area (Å²) in [6.07, 6.45) is 7.89. The molecule has 1 fully saturated rings. The highest BCUT2D eigenvalue weighted by molar-refractivity contribution is 5.97. The van der Waals surface area contributed by atoms with E-state index in [1.54, 1.807) is 0 Å². The first-order chi connectivity index (χ1) is 13.8. The molecule has 1 saturated heterocycles. The molecule has 0 saturated carbocycles. The van der Waals surface area contributed by atoms with Crippen LogP contribution in [0.25, 0.3) is 22.0 Å². The van der Waals surface area contributed by atoms with Gasteiger partial charge in [-0.15, -0.1) is 0 Å². The van der Waals surface area contributed by atoms with Crippen molar-refractivity contribution in [3.63, 3.8) is 0 Å². The quantitative estimate of drug-likeness (QED) is 0.442. The second-order valence-corrected chi connectivity index (χ2v) is 8.39. The lowest BCUT2D eigenvalue weighted by atomic mass is 9.96. The molecule has 28 heavy (non-hydrogen) atoms. The van der Waals surface area contributed by atoms with Gasteiger partial charge in [0.05, 0.1) is 6.04 Å². The summed E-state index contributed by atoms with van der Waals surface area (Å²) >= 11 is 0. The molecule has 2 unspecified atom stereocenters. The van der Waals surface area contributed by atoms with E-state index in [4.69, 9.17) is 0 Å². The lowest BCUT2D eigenvalue weighted by Crippen LogP contribution is -2.29. The van der Waals surface area contributed by atoms with Crippen LogP contribution in [-0.4, -0.2) is 23.0 Å². The van der Waals surface area contributed by atoms with Gasteiger partial charge in [-0.3, -0.25) is 4.90 Å². The lowest BCUT2D eigenvalue weighted by Gasteiger charge is -2.29. The minimum Gasteiger partial charge on any atom is -0.357 e. The topological polar surface area (TPSA) is 19.0 Å². The molecule has 0 spiro atoms. The van der Waals surface area contributed by atoms with Gasteiger partial charge >= 0.3 is 0 Å². The molecule has 2 atom stereocenters. The summed E-state index contributed by atoms with van der Waals surface area (Å²) in [6, 6.07) is 20.3. The third-order valence-electron chi connectivity index (χ3n) is 6.53. The van der Waals surface area contributed by atoms with Gasteiger partial charge in [-0.1, -0.05) is 81.6 Å². The van der Waals surface area contributed by atoms with Gasteiger partial charge in [0.1, 0.15) is 0 Å². The number of nitrogens with zero attached hydrogens (tertiary/aromatic N) is 1. The first kappa shape index (κ1) is 19.3. The second-order valence-electron chi connectivity index (χ2n) is 8.39. The number of likely N-dealkylation sites (tertiary alicyclic amines) is 1. The number of aromatic nitrogens is 1. The fraction of sp³-hybridized carbons (Fsp3) is 0.462. The fourth-order valence-corrected chi connectivity index (χ4v) is 4.95. The largest absolute Gasteiger partial charge is 0.357 e. The summed E-state index contributed by atoms with van der Waals surface area (Å²) in [6.45, 7) is 7.15. The van der Waals surface area contributed by atoms with Gasteiger partial charge in [0, 0.05) is 28.7 Å². The number of unbranched alkanes of at least 4 members (excludes halogenated alkanes) is 1. The van der Waals surface area contributed by atoms with Crippen LogP contribution in [0, 0.1) is 5.92 Å². The van der Waals surface area contributed by atoms with E-state index in [1.807, 2.05) is 0 Å². The third-order valence-corrected chi connectivity index (χ3v) is 6.53. The van der Waals surface area contributed by atoms with Gasteiger partial charge in [0.25, 0.3) is 0 Å². The Hall–Kier alpha value is -2.06. The summed E-state index contributed by atoms with van der Waals surface area (Å²) in [4.78, 5) is 6.59. The molecule has 2 heterocycles. The van der Waals surface area contributed by atoms with E-state index < -0.39 is 0 Å². The van der Waals surface area contributed by atoms with Crippen LogP contribution in [0.4, 0.5) is 0 Å². The van der Waals surface area contributed by atoms with Gasteiger partial charge < -0.3 is 4.98 Å². The van der Waals surface area contributed by atoms with Crippen molar-refractivity contribution in [1.29, 1.82) is 0 Å². The third kappa shape index (κ3) is 3.89. The summed E-state index contributed by atoms with van der Waals surface area (Å²) in [5.74, 6) is 0.824. The van der Waals surface area contributed by atoms with Crippen molar-refractivity contribution in [3.05, 3.63) is 60.3 Å². The molecular formula is C26H34N2. The number of hydrogen-bond donors (Lipinski definition) is 1. The van der Waals surface area contributed by atoms with Crippen LogP contribution >= 0.6 is 0 Å². The molecule has 1 aliphatic rings. The van der Waals surface area contributed by atoms with Crippen LogP contribution in [0.15, 0.2) is 54.6 Å². The van der Waals surface area contributed by atoms with Gasteiger partial charge in [0.15, 0.2) is 0 Å². The van der Waals surface area contributed by atoms with E-state index in [1.165, 1.54) is 79.3 Å². The minimum atomic E-state index is 0.512. The zero-order valence-electron chi connectivity index (χ0n) is 17.5. The van der Waals surface area contributed by atoms with E-state index in [0.717, 1.165) is 5.92 Å². The molecule has 4 rings (SSSR count). The molecule has 2 heteroatoms. The molecule has 1 aliphatic heterocycles. The summed E-state index contributed by atoms with van der Waals surface area (Å²) < 4.78 is 0. The van der Waals surface area contributed by atoms with Gasteiger partial charge in [-0.25, -0.2) is 0 Å². The zero-order valence-corrected chi connectivity index (χ0v) is 17.5. The maximum atomic E-state index is 3.83. The number of fused-ring (bicyclic) bond motifs is 1. The molecule has 1 aromatic heterocycles. The average molecular weight is 375 g/mol. The summed E-state index contributed by atoms with van der Waals surface area (Å²) in [5.41, 5.74) is 5.44. The van der Waals surface area contributed by atoms with Gasteiger partial charge in [0.2, 0.25) is 0 Å². The Kier molecular flexibility index (Phi) is 6.17. The number of benzene rings is 2. The first-order valence-corrected chi connectivity index (χ1v) is 11.2. The Morgan fingerprint density at radius 2 is 1.82 bits per heavy atom. The maximum absolute atomic E-state index is 3.83. The van der Waals surface area contributed by atoms with E-state index in [-0.39, 0.29) is 0 Å². The molecule has 0 amide bonds. The highest BCUT2D eigenvalue weighted by Gasteiger charge is 2.31. The van der Waals surface area contributed by atoms with E-state index in [2.05, 4.69) is 78.3 Å². The van der Waals surface area contributed by atoms with Crippen molar-refractivity contribution in [3.8, 4) is 11.1 Å². The van der Waals surface area contributed by atoms with E-state index in [0.29, 0.717) is 6.04 Å². The van der Waals surface area contributed by atoms with E-state index >= 15 is 0 Å². The lowest BCUT2D eigenvalue weighted by molar-refractivity contribution is 0.203. The van der Waals surface area contributed by atoms with Crippen LogP contribution in [0.2, 0.25) is 0 Å². The van der Waals surface area contributed by atoms with Crippen LogP contribution < -0.4 is 0 Å². The molecule has 2 nitrogen and oxygen atoms in total. The Labute approximate surface area is 170 Å². The number of hydrogen-bond acceptors (Lipinski definition) is 1. The number of nitrogens with one attached hydrogen (secondary N) is 1. The van der Waals surface area contributed by atoms with Crippen molar-refractivity contribution < 1.29 is 0 Å². The van der Waals surface area contributed by atoms with Crippen molar-refractivity contribution in [1.82, 2.24) is 9.88 Å². The SMILES string of the molecule is CCCCC(CC)CN1CCCC1c1[nH]c2ccccc2c1-c1ccccc1. The molecular weight excluding hydrogens is 340 g/mol. The molecule has 1 N–H and O–H groups in total. The van der Waals surface area contributed by atoms with Crippen LogP contribution in [0.1, 0.15) is 64.1 Å². The zero-order chi connectivity index (χ0) is 19.3.